The SMILES string of the molecule is COc1ccc(-c2cnc(C(=O)Nc3ccc(C(=O)N4CC5CN(C(=O)[C@@H]6CCNC6)CC5C4)c(Cl)c3)n2C)c(F)c1F. The van der Waals surface area contributed by atoms with Gasteiger partial charge in [-0.1, -0.05) is 11.6 Å². The Morgan fingerprint density at radius 2 is 1.77 bits per heavy atom. The molecular weight excluding hydrogens is 582 g/mol. The lowest BCUT2D eigenvalue weighted by Gasteiger charge is -2.24. The van der Waals surface area contributed by atoms with Gasteiger partial charge in [-0.2, -0.15) is 4.39 Å². The summed E-state index contributed by atoms with van der Waals surface area (Å²) in [5.74, 6) is -2.58. The number of ether oxygens (including phenoxy) is 1. The fourth-order valence-electron chi connectivity index (χ4n) is 6.34. The van der Waals surface area contributed by atoms with E-state index >= 15 is 0 Å². The number of hydrogen-bond donors (Lipinski definition) is 2. The van der Waals surface area contributed by atoms with Crippen molar-refractivity contribution in [3.63, 3.8) is 0 Å². The minimum Gasteiger partial charge on any atom is -0.494 e. The highest BCUT2D eigenvalue weighted by Gasteiger charge is 2.44. The van der Waals surface area contributed by atoms with Crippen LogP contribution in [0.25, 0.3) is 11.3 Å². The van der Waals surface area contributed by atoms with E-state index in [0.29, 0.717) is 37.4 Å². The number of halogens is 3. The zero-order valence-electron chi connectivity index (χ0n) is 23.7. The smallest absolute Gasteiger partial charge is 0.291 e. The first-order chi connectivity index (χ1) is 20.7. The maximum atomic E-state index is 14.6. The summed E-state index contributed by atoms with van der Waals surface area (Å²) in [6, 6.07) is 7.28. The minimum atomic E-state index is -1.14. The fraction of sp³-hybridized carbons (Fsp3) is 0.400. The summed E-state index contributed by atoms with van der Waals surface area (Å²) in [4.78, 5) is 47.0. The molecule has 43 heavy (non-hydrogen) atoms. The van der Waals surface area contributed by atoms with Gasteiger partial charge in [-0.25, -0.2) is 9.37 Å². The Bertz CT molecular complexity index is 1590. The van der Waals surface area contributed by atoms with Gasteiger partial charge in [-0.15, -0.1) is 0 Å². The van der Waals surface area contributed by atoms with Crippen LogP contribution in [0.4, 0.5) is 14.5 Å². The fourth-order valence-corrected chi connectivity index (χ4v) is 6.61. The molecule has 0 aliphatic carbocycles. The summed E-state index contributed by atoms with van der Waals surface area (Å²) in [7, 11) is 2.75. The number of methoxy groups -OCH3 is 1. The van der Waals surface area contributed by atoms with E-state index in [-0.39, 0.29) is 57.4 Å². The number of likely N-dealkylation sites (tertiary alicyclic amines) is 2. The number of aromatic nitrogens is 2. The maximum absolute atomic E-state index is 14.6. The van der Waals surface area contributed by atoms with Crippen LogP contribution >= 0.6 is 11.6 Å². The summed E-state index contributed by atoms with van der Waals surface area (Å²) in [6.07, 6.45) is 2.15. The Labute approximate surface area is 251 Å². The van der Waals surface area contributed by atoms with Crippen LogP contribution < -0.4 is 15.4 Å². The molecule has 10 nitrogen and oxygen atoms in total. The molecule has 2 unspecified atom stereocenters. The number of hydrogen-bond acceptors (Lipinski definition) is 6. The molecule has 0 spiro atoms. The second-order valence-electron chi connectivity index (χ2n) is 11.3. The van der Waals surface area contributed by atoms with E-state index in [2.05, 4.69) is 15.6 Å². The number of imidazole rings is 1. The molecule has 3 aliphatic rings. The van der Waals surface area contributed by atoms with Crippen molar-refractivity contribution in [3.8, 4) is 17.0 Å². The van der Waals surface area contributed by atoms with Gasteiger partial charge in [0.15, 0.2) is 17.4 Å². The summed E-state index contributed by atoms with van der Waals surface area (Å²) < 4.78 is 35.1. The Balaban J connectivity index is 1.09. The van der Waals surface area contributed by atoms with Gasteiger partial charge < -0.3 is 29.7 Å². The molecule has 2 aromatic carbocycles. The van der Waals surface area contributed by atoms with Crippen LogP contribution in [0.5, 0.6) is 5.75 Å². The van der Waals surface area contributed by atoms with Crippen LogP contribution in [0, 0.1) is 29.4 Å². The van der Waals surface area contributed by atoms with Crippen LogP contribution in [-0.2, 0) is 11.8 Å². The van der Waals surface area contributed by atoms with Gasteiger partial charge in [0.1, 0.15) is 0 Å². The molecule has 0 saturated carbocycles. The monoisotopic (exact) mass is 612 g/mol. The molecule has 3 amide bonds. The lowest BCUT2D eigenvalue weighted by atomic mass is 10.0. The first-order valence-corrected chi connectivity index (χ1v) is 14.5. The highest BCUT2D eigenvalue weighted by Crippen LogP contribution is 2.34. The largest absolute Gasteiger partial charge is 0.494 e. The normalized spacial score (nSPS) is 21.3. The molecule has 3 saturated heterocycles. The van der Waals surface area contributed by atoms with E-state index in [0.717, 1.165) is 19.5 Å². The van der Waals surface area contributed by atoms with Crippen LogP contribution in [0.15, 0.2) is 36.5 Å². The number of nitrogens with zero attached hydrogens (tertiary/aromatic N) is 4. The van der Waals surface area contributed by atoms with Crippen LogP contribution in [0.1, 0.15) is 27.4 Å². The van der Waals surface area contributed by atoms with E-state index in [1.807, 2.05) is 4.90 Å². The molecule has 226 valence electrons. The third kappa shape index (κ3) is 5.33. The third-order valence-electron chi connectivity index (χ3n) is 8.69. The van der Waals surface area contributed by atoms with Crippen LogP contribution in [-0.4, -0.2) is 83.5 Å². The number of nitrogens with one attached hydrogen (secondary N) is 2. The first-order valence-electron chi connectivity index (χ1n) is 14.1. The average molecular weight is 613 g/mol. The maximum Gasteiger partial charge on any atom is 0.291 e. The molecule has 0 radical (unpaired) electrons. The Kier molecular flexibility index (Phi) is 7.82. The predicted octanol–water partition coefficient (Wildman–Crippen LogP) is 3.42. The van der Waals surface area contributed by atoms with Crippen LogP contribution in [0.2, 0.25) is 5.02 Å². The molecular formula is C30H31ClF2N6O4. The highest BCUT2D eigenvalue weighted by molar-refractivity contribution is 6.34. The summed E-state index contributed by atoms with van der Waals surface area (Å²) >= 11 is 6.50. The number of anilines is 1. The molecule has 2 N–H and O–H groups in total. The molecule has 3 aliphatic heterocycles. The van der Waals surface area contributed by atoms with Crippen molar-refractivity contribution >= 4 is 35.0 Å². The second-order valence-corrected chi connectivity index (χ2v) is 11.7. The molecule has 13 heteroatoms. The molecule has 3 fully saturated rings. The quantitative estimate of drug-likeness (QED) is 0.442. The van der Waals surface area contributed by atoms with E-state index in [9.17, 15) is 23.2 Å². The second kappa shape index (κ2) is 11.6. The van der Waals surface area contributed by atoms with Crippen molar-refractivity contribution in [2.75, 3.05) is 51.7 Å². The highest BCUT2D eigenvalue weighted by atomic mass is 35.5. The summed E-state index contributed by atoms with van der Waals surface area (Å²) in [6.45, 7) is 4.06. The van der Waals surface area contributed by atoms with Gasteiger partial charge in [-0.3, -0.25) is 14.4 Å². The van der Waals surface area contributed by atoms with E-state index in [1.54, 1.807) is 17.0 Å². The van der Waals surface area contributed by atoms with Crippen LogP contribution in [0.3, 0.4) is 0 Å². The minimum absolute atomic E-state index is 0.0396. The number of rotatable bonds is 6. The number of benzene rings is 2. The van der Waals surface area contributed by atoms with Crippen molar-refractivity contribution in [2.45, 2.75) is 6.42 Å². The van der Waals surface area contributed by atoms with Gasteiger partial charge in [0, 0.05) is 62.9 Å². The molecule has 0 bridgehead atoms. The number of carbonyl (C=O) groups is 3. The number of fused-ring (bicyclic) bond motifs is 1. The van der Waals surface area contributed by atoms with Gasteiger partial charge >= 0.3 is 0 Å². The van der Waals surface area contributed by atoms with Crippen molar-refractivity contribution < 1.29 is 27.9 Å². The van der Waals surface area contributed by atoms with E-state index in [1.165, 1.54) is 43.1 Å². The van der Waals surface area contributed by atoms with Gasteiger partial charge in [0.25, 0.3) is 11.8 Å². The number of carbonyl (C=O) groups excluding carboxylic acids is 3. The number of amides is 3. The lowest BCUT2D eigenvalue weighted by Crippen LogP contribution is -2.39. The molecule has 3 atom stereocenters. The van der Waals surface area contributed by atoms with Crippen molar-refractivity contribution in [1.82, 2.24) is 24.7 Å². The Hall–Kier alpha value is -4.03. The van der Waals surface area contributed by atoms with E-state index in [4.69, 9.17) is 16.3 Å². The standard InChI is InChI=1S/C30H31ClF2N6O4/c1-37-23(21-5-6-24(43-2)26(33)25(21)32)11-35-27(37)28(40)36-19-3-4-20(22(31)9-19)30(42)39-14-17-12-38(13-18(17)15-39)29(41)16-7-8-34-10-16/h3-6,9,11,16-18,34H,7-8,10,12-15H2,1-2H3,(H,36,40)/t16-,17?,18?/m1/s1. The zero-order valence-corrected chi connectivity index (χ0v) is 24.5. The zero-order chi connectivity index (χ0) is 30.4. The first kappa shape index (κ1) is 29.1. The lowest BCUT2D eigenvalue weighted by molar-refractivity contribution is -0.134. The summed E-state index contributed by atoms with van der Waals surface area (Å²) in [5.41, 5.74) is 0.781. The van der Waals surface area contributed by atoms with Crippen molar-refractivity contribution in [2.24, 2.45) is 24.8 Å². The topological polar surface area (TPSA) is 109 Å². The molecule has 1 aromatic heterocycles. The molecule has 3 aromatic rings. The van der Waals surface area contributed by atoms with Gasteiger partial charge in [-0.05, 0) is 43.3 Å². The van der Waals surface area contributed by atoms with E-state index < -0.39 is 17.5 Å². The molecule has 4 heterocycles. The van der Waals surface area contributed by atoms with Gasteiger partial charge in [0.05, 0.1) is 35.5 Å². The Morgan fingerprint density at radius 3 is 2.42 bits per heavy atom. The average Bonchev–Trinajstić information content (AvgIpc) is 3.78. The van der Waals surface area contributed by atoms with Crippen molar-refractivity contribution in [1.29, 1.82) is 0 Å². The van der Waals surface area contributed by atoms with Gasteiger partial charge in [0.2, 0.25) is 11.7 Å². The third-order valence-corrected chi connectivity index (χ3v) is 9.00. The predicted molar refractivity (Wildman–Crippen MR) is 155 cm³/mol. The Morgan fingerprint density at radius 1 is 1.05 bits per heavy atom. The summed E-state index contributed by atoms with van der Waals surface area (Å²) in [5, 5.41) is 6.12. The molecule has 6 rings (SSSR count). The van der Waals surface area contributed by atoms with Crippen molar-refractivity contribution in [3.05, 3.63) is 64.6 Å².